The number of piperidine rings is 1. The lowest BCUT2D eigenvalue weighted by molar-refractivity contribution is 0.376. The normalized spacial score (nSPS) is 24.7. The first kappa shape index (κ1) is 11.9. The van der Waals surface area contributed by atoms with Gasteiger partial charge in [-0.3, -0.25) is 5.41 Å². The van der Waals surface area contributed by atoms with Crippen molar-refractivity contribution >= 4 is 11.7 Å². The molecule has 1 aromatic heterocycles. The molecule has 2 unspecified atom stereocenters. The molecule has 0 aliphatic carbocycles. The first-order valence-electron chi connectivity index (χ1n) is 6.15. The highest BCUT2D eigenvalue weighted by Crippen LogP contribution is 2.26. The number of hydrogen-bond donors (Lipinski definition) is 2. The largest absolute Gasteiger partial charge is 0.384 e. The van der Waals surface area contributed by atoms with Crippen LogP contribution in [0.5, 0.6) is 0 Å². The lowest BCUT2D eigenvalue weighted by Crippen LogP contribution is -2.40. The lowest BCUT2D eigenvalue weighted by Gasteiger charge is -2.37. The van der Waals surface area contributed by atoms with Gasteiger partial charge in [0.15, 0.2) is 0 Å². The smallest absolute Gasteiger partial charge is 0.128 e. The highest BCUT2D eigenvalue weighted by molar-refractivity contribution is 5.94. The molecule has 0 saturated carbocycles. The monoisotopic (exact) mass is 232 g/mol. The fraction of sp³-hybridized carbons (Fsp3) is 0.538. The van der Waals surface area contributed by atoms with Gasteiger partial charge in [0, 0.05) is 24.3 Å². The molecule has 0 radical (unpaired) electrons. The molecular weight excluding hydrogens is 212 g/mol. The van der Waals surface area contributed by atoms with Crippen molar-refractivity contribution < 1.29 is 0 Å². The number of nitrogens with zero attached hydrogens (tertiary/aromatic N) is 2. The molecule has 1 aliphatic rings. The van der Waals surface area contributed by atoms with Gasteiger partial charge in [-0.25, -0.2) is 4.98 Å². The van der Waals surface area contributed by atoms with Gasteiger partial charge in [-0.05, 0) is 37.8 Å². The van der Waals surface area contributed by atoms with Crippen molar-refractivity contribution in [2.45, 2.75) is 32.7 Å². The number of rotatable bonds is 2. The maximum atomic E-state index is 7.34. The van der Waals surface area contributed by atoms with Crippen molar-refractivity contribution in [3.05, 3.63) is 23.9 Å². The first-order chi connectivity index (χ1) is 8.08. The summed E-state index contributed by atoms with van der Waals surface area (Å²) in [5.74, 6) is 1.87. The summed E-state index contributed by atoms with van der Waals surface area (Å²) in [5, 5.41) is 7.34. The second kappa shape index (κ2) is 4.73. The highest BCUT2D eigenvalue weighted by Gasteiger charge is 2.23. The Morgan fingerprint density at radius 2 is 2.24 bits per heavy atom. The van der Waals surface area contributed by atoms with Crippen molar-refractivity contribution in [2.75, 3.05) is 11.4 Å². The Morgan fingerprint density at radius 3 is 2.76 bits per heavy atom. The molecule has 1 saturated heterocycles. The van der Waals surface area contributed by atoms with Gasteiger partial charge in [-0.2, -0.15) is 0 Å². The summed E-state index contributed by atoms with van der Waals surface area (Å²) < 4.78 is 0. The zero-order valence-electron chi connectivity index (χ0n) is 10.5. The molecule has 2 atom stereocenters. The Bertz CT molecular complexity index is 398. The Hall–Kier alpha value is -1.58. The molecule has 1 aliphatic heterocycles. The number of amidine groups is 1. The van der Waals surface area contributed by atoms with Crippen molar-refractivity contribution in [2.24, 2.45) is 11.7 Å². The Labute approximate surface area is 102 Å². The van der Waals surface area contributed by atoms with Crippen LogP contribution >= 0.6 is 0 Å². The molecule has 4 heteroatoms. The van der Waals surface area contributed by atoms with E-state index >= 15 is 0 Å². The first-order valence-corrected chi connectivity index (χ1v) is 6.15. The van der Waals surface area contributed by atoms with Crippen LogP contribution in [0.2, 0.25) is 0 Å². The fourth-order valence-corrected chi connectivity index (χ4v) is 2.46. The van der Waals surface area contributed by atoms with Crippen LogP contribution in [0.15, 0.2) is 18.3 Å². The van der Waals surface area contributed by atoms with E-state index in [1.165, 1.54) is 12.8 Å². The minimum atomic E-state index is 0.0735. The molecule has 17 heavy (non-hydrogen) atoms. The Balaban J connectivity index is 2.14. The van der Waals surface area contributed by atoms with Gasteiger partial charge in [0.05, 0.1) is 0 Å². The summed E-state index contributed by atoms with van der Waals surface area (Å²) in [6, 6.07) is 4.37. The molecule has 0 amide bonds. The number of nitrogens with one attached hydrogen (secondary N) is 1. The Morgan fingerprint density at radius 1 is 1.47 bits per heavy atom. The van der Waals surface area contributed by atoms with Crippen LogP contribution < -0.4 is 10.6 Å². The number of aromatic nitrogens is 1. The second-order valence-corrected chi connectivity index (χ2v) is 4.99. The number of pyridine rings is 1. The van der Waals surface area contributed by atoms with Crippen molar-refractivity contribution in [3.63, 3.8) is 0 Å². The minimum Gasteiger partial charge on any atom is -0.384 e. The summed E-state index contributed by atoms with van der Waals surface area (Å²) in [6.45, 7) is 5.62. The Kier molecular flexibility index (Phi) is 3.31. The molecule has 3 N–H and O–H groups in total. The van der Waals surface area contributed by atoms with E-state index in [1.54, 1.807) is 6.20 Å². The topological polar surface area (TPSA) is 66.0 Å². The molecule has 1 aromatic rings. The van der Waals surface area contributed by atoms with Crippen molar-refractivity contribution in [1.82, 2.24) is 4.98 Å². The van der Waals surface area contributed by atoms with Gasteiger partial charge in [-0.15, -0.1) is 0 Å². The van der Waals surface area contributed by atoms with E-state index in [-0.39, 0.29) is 5.84 Å². The van der Waals surface area contributed by atoms with E-state index in [4.69, 9.17) is 11.1 Å². The summed E-state index contributed by atoms with van der Waals surface area (Å²) in [4.78, 5) is 6.74. The minimum absolute atomic E-state index is 0.0735. The van der Waals surface area contributed by atoms with Crippen LogP contribution in [0.3, 0.4) is 0 Å². The van der Waals surface area contributed by atoms with E-state index in [1.807, 2.05) is 12.1 Å². The standard InChI is InChI=1S/C13H20N4/c1-9-5-6-17(10(2)7-9)12-4-3-11(8-16-12)13(14)15/h3-4,8-10H,5-7H2,1-2H3,(H3,14,15). The van der Waals surface area contributed by atoms with Crippen molar-refractivity contribution in [3.8, 4) is 0 Å². The quantitative estimate of drug-likeness (QED) is 0.605. The van der Waals surface area contributed by atoms with E-state index in [2.05, 4.69) is 23.7 Å². The predicted octanol–water partition coefficient (Wildman–Crippen LogP) is 1.99. The lowest BCUT2D eigenvalue weighted by atomic mass is 9.93. The molecule has 2 heterocycles. The maximum Gasteiger partial charge on any atom is 0.128 e. The SMILES string of the molecule is CC1CCN(c2ccc(C(=N)N)cn2)C(C)C1. The highest BCUT2D eigenvalue weighted by atomic mass is 15.2. The zero-order valence-corrected chi connectivity index (χ0v) is 10.5. The second-order valence-electron chi connectivity index (χ2n) is 4.99. The predicted molar refractivity (Wildman–Crippen MR) is 70.5 cm³/mol. The van der Waals surface area contributed by atoms with Gasteiger partial charge in [0.1, 0.15) is 11.7 Å². The third-order valence-corrected chi connectivity index (χ3v) is 3.49. The molecule has 2 rings (SSSR count). The van der Waals surface area contributed by atoms with Gasteiger partial charge in [0.2, 0.25) is 0 Å². The summed E-state index contributed by atoms with van der Waals surface area (Å²) in [7, 11) is 0. The van der Waals surface area contributed by atoms with Crippen LogP contribution in [0.25, 0.3) is 0 Å². The summed E-state index contributed by atoms with van der Waals surface area (Å²) in [5.41, 5.74) is 6.10. The van der Waals surface area contributed by atoms with Crippen LogP contribution in [0, 0.1) is 11.3 Å². The summed E-state index contributed by atoms with van der Waals surface area (Å²) in [6.07, 6.45) is 4.12. The number of nitrogen functional groups attached to an aromatic ring is 1. The van der Waals surface area contributed by atoms with Crippen LogP contribution in [0.1, 0.15) is 32.3 Å². The number of nitrogens with two attached hydrogens (primary N) is 1. The van der Waals surface area contributed by atoms with Crippen molar-refractivity contribution in [1.29, 1.82) is 5.41 Å². The van der Waals surface area contributed by atoms with Gasteiger partial charge in [0.25, 0.3) is 0 Å². The van der Waals surface area contributed by atoms with Crippen LogP contribution in [0.4, 0.5) is 5.82 Å². The van der Waals surface area contributed by atoms with E-state index < -0.39 is 0 Å². The van der Waals surface area contributed by atoms with E-state index in [0.29, 0.717) is 11.6 Å². The molecule has 0 spiro atoms. The van der Waals surface area contributed by atoms with Gasteiger partial charge in [-0.1, -0.05) is 6.92 Å². The van der Waals surface area contributed by atoms with Gasteiger partial charge < -0.3 is 10.6 Å². The molecule has 0 aromatic carbocycles. The molecule has 4 nitrogen and oxygen atoms in total. The molecule has 92 valence electrons. The van der Waals surface area contributed by atoms with Crippen LogP contribution in [-0.2, 0) is 0 Å². The van der Waals surface area contributed by atoms with E-state index in [9.17, 15) is 0 Å². The number of anilines is 1. The average Bonchev–Trinajstić information content (AvgIpc) is 2.29. The summed E-state index contributed by atoms with van der Waals surface area (Å²) >= 11 is 0. The maximum absolute atomic E-state index is 7.34. The number of hydrogen-bond acceptors (Lipinski definition) is 3. The van der Waals surface area contributed by atoms with E-state index in [0.717, 1.165) is 18.3 Å². The molecular formula is C13H20N4. The van der Waals surface area contributed by atoms with Crippen LogP contribution in [-0.4, -0.2) is 23.4 Å². The molecule has 0 bridgehead atoms. The average molecular weight is 232 g/mol. The molecule has 1 fully saturated rings. The third kappa shape index (κ3) is 2.57. The third-order valence-electron chi connectivity index (χ3n) is 3.49. The zero-order chi connectivity index (χ0) is 12.4. The fourth-order valence-electron chi connectivity index (χ4n) is 2.46. The van der Waals surface area contributed by atoms with Gasteiger partial charge >= 0.3 is 0 Å².